The summed E-state index contributed by atoms with van der Waals surface area (Å²) >= 11 is 0. The van der Waals surface area contributed by atoms with Crippen LogP contribution >= 0.6 is 0 Å². The van der Waals surface area contributed by atoms with Crippen molar-refractivity contribution in [1.29, 1.82) is 0 Å². The lowest BCUT2D eigenvalue weighted by Gasteiger charge is -2.36. The second kappa shape index (κ2) is 6.32. The summed E-state index contributed by atoms with van der Waals surface area (Å²) in [5.41, 5.74) is 2.71. The predicted octanol–water partition coefficient (Wildman–Crippen LogP) is 1.83. The lowest BCUT2D eigenvalue weighted by Crippen LogP contribution is -2.47. The molecule has 3 heteroatoms. The van der Waals surface area contributed by atoms with E-state index in [1.54, 1.807) is 0 Å². The van der Waals surface area contributed by atoms with Crippen LogP contribution in [0, 0.1) is 0 Å². The Morgan fingerprint density at radius 2 is 1.89 bits per heavy atom. The van der Waals surface area contributed by atoms with Gasteiger partial charge in [-0.25, -0.2) is 0 Å². The van der Waals surface area contributed by atoms with Crippen molar-refractivity contribution in [3.8, 4) is 0 Å². The quantitative estimate of drug-likeness (QED) is 0.883. The largest absolute Gasteiger partial charge is 0.394 e. The van der Waals surface area contributed by atoms with Gasteiger partial charge >= 0.3 is 0 Å². The summed E-state index contributed by atoms with van der Waals surface area (Å²) in [7, 11) is 0. The van der Waals surface area contributed by atoms with Crippen LogP contribution in [0.1, 0.15) is 25.0 Å². The molecule has 2 atom stereocenters. The van der Waals surface area contributed by atoms with Crippen LogP contribution in [-0.2, 0) is 17.7 Å². The first kappa shape index (κ1) is 13.5. The molecule has 100 valence electrons. The third-order valence-corrected chi connectivity index (χ3v) is 3.44. The second-order valence-corrected chi connectivity index (χ2v) is 5.12. The van der Waals surface area contributed by atoms with Crippen molar-refractivity contribution < 1.29 is 9.84 Å². The predicted molar refractivity (Wildman–Crippen MR) is 72.5 cm³/mol. The molecule has 0 aliphatic carbocycles. The molecule has 1 aliphatic rings. The average molecular weight is 249 g/mol. The van der Waals surface area contributed by atoms with E-state index in [-0.39, 0.29) is 18.8 Å². The number of aliphatic hydroxyl groups excluding tert-OH is 1. The van der Waals surface area contributed by atoms with Crippen LogP contribution in [0.5, 0.6) is 0 Å². The number of nitrogens with zero attached hydrogens (tertiary/aromatic N) is 1. The molecule has 0 amide bonds. The molecule has 1 aromatic carbocycles. The zero-order valence-electron chi connectivity index (χ0n) is 11.3. The molecular formula is C15H23NO2. The van der Waals surface area contributed by atoms with Crippen molar-refractivity contribution >= 4 is 0 Å². The van der Waals surface area contributed by atoms with Crippen molar-refractivity contribution in [3.05, 3.63) is 35.4 Å². The summed E-state index contributed by atoms with van der Waals surface area (Å²) in [6, 6.07) is 8.80. The fourth-order valence-corrected chi connectivity index (χ4v) is 2.51. The van der Waals surface area contributed by atoms with Gasteiger partial charge in [-0.15, -0.1) is 0 Å². The van der Waals surface area contributed by atoms with E-state index in [2.05, 4.69) is 43.0 Å². The number of morpholine rings is 1. The summed E-state index contributed by atoms with van der Waals surface area (Å²) in [4.78, 5) is 2.36. The van der Waals surface area contributed by atoms with Crippen LogP contribution in [0.2, 0.25) is 0 Å². The van der Waals surface area contributed by atoms with Gasteiger partial charge in [-0.2, -0.15) is 0 Å². The van der Waals surface area contributed by atoms with Crippen molar-refractivity contribution in [2.24, 2.45) is 0 Å². The molecule has 2 unspecified atom stereocenters. The van der Waals surface area contributed by atoms with Crippen LogP contribution in [0.25, 0.3) is 0 Å². The Hall–Kier alpha value is -0.900. The first-order valence-corrected chi connectivity index (χ1v) is 6.77. The molecule has 3 nitrogen and oxygen atoms in total. The van der Waals surface area contributed by atoms with Gasteiger partial charge in [0.1, 0.15) is 0 Å². The Morgan fingerprint density at radius 1 is 1.22 bits per heavy atom. The maximum Gasteiger partial charge on any atom is 0.0936 e. The van der Waals surface area contributed by atoms with Gasteiger partial charge in [-0.1, -0.05) is 31.2 Å². The number of hydrogen-bond donors (Lipinski definition) is 1. The van der Waals surface area contributed by atoms with E-state index in [1.807, 2.05) is 0 Å². The third kappa shape index (κ3) is 3.55. The maximum absolute atomic E-state index is 9.21. The lowest BCUT2D eigenvalue weighted by molar-refractivity contribution is -0.0972. The molecule has 1 heterocycles. The number of hydrogen-bond acceptors (Lipinski definition) is 3. The Morgan fingerprint density at radius 3 is 2.50 bits per heavy atom. The minimum atomic E-state index is -0.0383. The molecule has 0 saturated carbocycles. The highest BCUT2D eigenvalue weighted by Gasteiger charge is 2.24. The molecule has 2 rings (SSSR count). The molecule has 0 spiro atoms. The van der Waals surface area contributed by atoms with Gasteiger partial charge < -0.3 is 9.84 Å². The maximum atomic E-state index is 9.21. The van der Waals surface area contributed by atoms with Crippen LogP contribution in [0.4, 0.5) is 0 Å². The molecule has 1 aromatic rings. The average Bonchev–Trinajstić information content (AvgIpc) is 2.39. The summed E-state index contributed by atoms with van der Waals surface area (Å²) in [6.45, 7) is 7.03. The number of rotatable bonds is 4. The van der Waals surface area contributed by atoms with Gasteiger partial charge in [0.15, 0.2) is 0 Å². The zero-order chi connectivity index (χ0) is 13.0. The van der Waals surface area contributed by atoms with E-state index >= 15 is 0 Å². The summed E-state index contributed by atoms with van der Waals surface area (Å²) < 4.78 is 5.65. The first-order valence-electron chi connectivity index (χ1n) is 6.77. The molecule has 1 fully saturated rings. The smallest absolute Gasteiger partial charge is 0.0936 e. The zero-order valence-corrected chi connectivity index (χ0v) is 11.3. The Balaban J connectivity index is 1.95. The van der Waals surface area contributed by atoms with Crippen molar-refractivity contribution in [2.45, 2.75) is 39.0 Å². The lowest BCUT2D eigenvalue weighted by atomic mass is 10.1. The highest BCUT2D eigenvalue weighted by molar-refractivity contribution is 5.22. The number of ether oxygens (including phenoxy) is 1. The monoisotopic (exact) mass is 249 g/mol. The van der Waals surface area contributed by atoms with Gasteiger partial charge in [0.05, 0.1) is 18.8 Å². The fraction of sp³-hybridized carbons (Fsp3) is 0.600. The van der Waals surface area contributed by atoms with Gasteiger partial charge in [0, 0.05) is 19.6 Å². The topological polar surface area (TPSA) is 32.7 Å². The van der Waals surface area contributed by atoms with Gasteiger partial charge in [0.25, 0.3) is 0 Å². The van der Waals surface area contributed by atoms with Crippen molar-refractivity contribution in [2.75, 3.05) is 19.7 Å². The second-order valence-electron chi connectivity index (χ2n) is 5.12. The third-order valence-electron chi connectivity index (χ3n) is 3.44. The van der Waals surface area contributed by atoms with E-state index in [1.165, 1.54) is 11.1 Å². The van der Waals surface area contributed by atoms with E-state index in [9.17, 15) is 5.11 Å². The van der Waals surface area contributed by atoms with Crippen LogP contribution in [0.15, 0.2) is 24.3 Å². The van der Waals surface area contributed by atoms with E-state index in [0.29, 0.717) is 0 Å². The normalized spacial score (nSPS) is 25.3. The minimum Gasteiger partial charge on any atom is -0.394 e. The van der Waals surface area contributed by atoms with E-state index in [4.69, 9.17) is 4.74 Å². The molecule has 0 bridgehead atoms. The van der Waals surface area contributed by atoms with Crippen molar-refractivity contribution in [1.82, 2.24) is 4.90 Å². The minimum absolute atomic E-state index is 0.0383. The molecule has 0 radical (unpaired) electrons. The summed E-state index contributed by atoms with van der Waals surface area (Å²) in [5.74, 6) is 0. The van der Waals surface area contributed by atoms with Crippen LogP contribution in [-0.4, -0.2) is 41.9 Å². The molecule has 18 heavy (non-hydrogen) atoms. The molecule has 1 N–H and O–H groups in total. The number of aliphatic hydroxyl groups is 1. The van der Waals surface area contributed by atoms with Gasteiger partial charge in [-0.05, 0) is 24.5 Å². The number of benzene rings is 1. The van der Waals surface area contributed by atoms with Gasteiger partial charge in [-0.3, -0.25) is 4.90 Å². The fourth-order valence-electron chi connectivity index (χ4n) is 2.51. The van der Waals surface area contributed by atoms with Crippen LogP contribution in [0.3, 0.4) is 0 Å². The SMILES string of the molecule is CCc1ccc(CN2CC(C)OC(CO)C2)cc1. The Kier molecular flexibility index (Phi) is 4.75. The standard InChI is InChI=1S/C15H23NO2/c1-3-13-4-6-14(7-5-13)9-16-8-12(2)18-15(10-16)11-17/h4-7,12,15,17H,3,8-11H2,1-2H3. The van der Waals surface area contributed by atoms with Crippen LogP contribution < -0.4 is 0 Å². The Labute approximate surface area is 109 Å². The first-order chi connectivity index (χ1) is 8.71. The van der Waals surface area contributed by atoms with Gasteiger partial charge in [0.2, 0.25) is 0 Å². The van der Waals surface area contributed by atoms with E-state index < -0.39 is 0 Å². The molecule has 0 aromatic heterocycles. The molecule has 1 aliphatic heterocycles. The van der Waals surface area contributed by atoms with Crippen molar-refractivity contribution in [3.63, 3.8) is 0 Å². The highest BCUT2D eigenvalue weighted by atomic mass is 16.5. The van der Waals surface area contributed by atoms with E-state index in [0.717, 1.165) is 26.1 Å². The Bertz CT molecular complexity index is 363. The number of aryl methyl sites for hydroxylation is 1. The molecular weight excluding hydrogens is 226 g/mol. The highest BCUT2D eigenvalue weighted by Crippen LogP contribution is 2.15. The molecule has 1 saturated heterocycles. The summed E-state index contributed by atoms with van der Waals surface area (Å²) in [6.07, 6.45) is 1.25. The summed E-state index contributed by atoms with van der Waals surface area (Å²) in [5, 5.41) is 9.21.